The Kier molecular flexibility index (Phi) is 8.01. The highest BCUT2D eigenvalue weighted by atomic mass is 32.3. The van der Waals surface area contributed by atoms with E-state index in [9.17, 15) is 21.4 Å². The van der Waals surface area contributed by atoms with Gasteiger partial charge in [0.25, 0.3) is 0 Å². The summed E-state index contributed by atoms with van der Waals surface area (Å²) in [4.78, 5) is 4.26. The minimum atomic E-state index is -5.04. The van der Waals surface area contributed by atoms with Crippen LogP contribution in [-0.2, 0) is 25.5 Å². The van der Waals surface area contributed by atoms with Gasteiger partial charge in [-0.25, -0.2) is 4.99 Å². The second-order valence-electron chi connectivity index (χ2n) is 5.49. The maximum absolute atomic E-state index is 11.4. The summed E-state index contributed by atoms with van der Waals surface area (Å²) in [6.07, 6.45) is 0.473. The summed E-state index contributed by atoms with van der Waals surface area (Å²) in [6, 6.07) is 2.89. The van der Waals surface area contributed by atoms with E-state index in [-0.39, 0.29) is 17.9 Å². The Balaban J connectivity index is 2.73. The molecule has 0 saturated carbocycles. The van der Waals surface area contributed by atoms with E-state index in [1.165, 1.54) is 42.8 Å². The third-order valence-electron chi connectivity index (χ3n) is 3.55. The lowest BCUT2D eigenvalue weighted by Gasteiger charge is -2.20. The number of nitrogens with zero attached hydrogens (tertiary/aromatic N) is 1. The number of aliphatic imine (C=N–C) groups is 1. The predicted molar refractivity (Wildman–Crippen MR) is 108 cm³/mol. The van der Waals surface area contributed by atoms with Crippen LogP contribution in [0.1, 0.15) is 24.8 Å². The largest absolute Gasteiger partial charge is 0.446 e. The van der Waals surface area contributed by atoms with Gasteiger partial charge in [0.1, 0.15) is 10.1 Å². The summed E-state index contributed by atoms with van der Waals surface area (Å²) in [5, 5.41) is 0. The zero-order valence-electron chi connectivity index (χ0n) is 14.9. The minimum Gasteiger partial charge on any atom is -0.384 e. The number of thioether (sulfide) groups is 2. The first kappa shape index (κ1) is 23.3. The molecule has 1 unspecified atom stereocenters. The van der Waals surface area contributed by atoms with Gasteiger partial charge in [-0.15, -0.1) is 0 Å². The van der Waals surface area contributed by atoms with E-state index in [4.69, 9.17) is 9.29 Å². The second kappa shape index (κ2) is 9.65. The summed E-state index contributed by atoms with van der Waals surface area (Å²) >= 11 is 2.85. The number of benzene rings is 1. The van der Waals surface area contributed by atoms with Gasteiger partial charge in [-0.1, -0.05) is 36.5 Å². The van der Waals surface area contributed by atoms with Gasteiger partial charge in [-0.05, 0) is 12.5 Å². The molecule has 0 amide bonds. The molecular formula is C14H19NO9S4. The molecule has 1 aliphatic heterocycles. The van der Waals surface area contributed by atoms with Gasteiger partial charge in [0.15, 0.2) is 5.75 Å². The zero-order chi connectivity index (χ0) is 20.9. The molecule has 2 N–H and O–H groups in total. The lowest BCUT2D eigenvalue weighted by Crippen LogP contribution is -2.15. The van der Waals surface area contributed by atoms with Crippen molar-refractivity contribution in [2.24, 2.45) is 4.99 Å². The van der Waals surface area contributed by atoms with Crippen molar-refractivity contribution in [2.45, 2.75) is 19.3 Å². The van der Waals surface area contributed by atoms with Crippen LogP contribution < -0.4 is 8.37 Å². The van der Waals surface area contributed by atoms with Crippen molar-refractivity contribution >= 4 is 54.4 Å². The summed E-state index contributed by atoms with van der Waals surface area (Å²) in [5.74, 6) is -0.0408. The molecular weight excluding hydrogens is 454 g/mol. The molecule has 158 valence electrons. The second-order valence-corrected chi connectivity index (χ2v) is 9.96. The molecule has 28 heavy (non-hydrogen) atoms. The van der Waals surface area contributed by atoms with E-state index in [0.29, 0.717) is 10.8 Å². The zero-order valence-corrected chi connectivity index (χ0v) is 18.2. The first-order valence-corrected chi connectivity index (χ1v) is 12.6. The van der Waals surface area contributed by atoms with E-state index in [0.717, 1.165) is 11.5 Å². The van der Waals surface area contributed by atoms with Crippen LogP contribution in [0.2, 0.25) is 0 Å². The highest BCUT2D eigenvalue weighted by Crippen LogP contribution is 2.46. The van der Waals surface area contributed by atoms with Crippen LogP contribution in [0.15, 0.2) is 17.1 Å². The predicted octanol–water partition coefficient (Wildman–Crippen LogP) is 2.66. The molecule has 1 aromatic rings. The lowest BCUT2D eigenvalue weighted by atomic mass is 9.95. The monoisotopic (exact) mass is 473 g/mol. The number of ether oxygens (including phenoxy) is 1. The Morgan fingerprint density at radius 1 is 1.07 bits per heavy atom. The molecule has 0 bridgehead atoms. The molecule has 1 heterocycles. The smallest absolute Gasteiger partial charge is 0.384 e. The van der Waals surface area contributed by atoms with Crippen molar-refractivity contribution in [1.82, 2.24) is 0 Å². The molecule has 1 aromatic carbocycles. The van der Waals surface area contributed by atoms with Gasteiger partial charge >= 0.3 is 20.8 Å². The van der Waals surface area contributed by atoms with Crippen molar-refractivity contribution in [1.29, 1.82) is 0 Å². The van der Waals surface area contributed by atoms with Crippen molar-refractivity contribution in [3.8, 4) is 11.5 Å². The van der Waals surface area contributed by atoms with Gasteiger partial charge in [-0.2, -0.15) is 16.8 Å². The highest BCUT2D eigenvalue weighted by molar-refractivity contribution is 8.41. The molecule has 2 rings (SSSR count). The van der Waals surface area contributed by atoms with Crippen molar-refractivity contribution in [3.63, 3.8) is 0 Å². The fourth-order valence-electron chi connectivity index (χ4n) is 2.45. The van der Waals surface area contributed by atoms with E-state index in [1.807, 2.05) is 0 Å². The lowest BCUT2D eigenvalue weighted by molar-refractivity contribution is 0.176. The minimum absolute atomic E-state index is 0.0794. The number of hydrogen-bond donors (Lipinski definition) is 2. The Bertz CT molecular complexity index is 936. The maximum Gasteiger partial charge on any atom is 0.446 e. The third kappa shape index (κ3) is 6.79. The first-order valence-electron chi connectivity index (χ1n) is 7.88. The quantitative estimate of drug-likeness (QED) is 0.510. The van der Waals surface area contributed by atoms with E-state index in [2.05, 4.69) is 13.4 Å². The molecule has 0 spiro atoms. The molecule has 0 radical (unpaired) electrons. The van der Waals surface area contributed by atoms with Gasteiger partial charge in [-0.3, -0.25) is 9.11 Å². The fourth-order valence-corrected chi connectivity index (χ4v) is 5.37. The standard InChI is InChI=1S/C14H19NO9S4/c1-3-9(8-22-2)10-4-5-11(15-14-25-6-7-26-14)13(24-28(19,20)21)12(10)23-27(16,17)18/h4-5,9H,3,6-8H2,1-2H3,(H,16,17,18)(H,19,20,21). The number of rotatable bonds is 9. The molecule has 10 nitrogen and oxygen atoms in total. The Hall–Kier alpha value is -1.03. The summed E-state index contributed by atoms with van der Waals surface area (Å²) < 4.78 is 78.8. The summed E-state index contributed by atoms with van der Waals surface area (Å²) in [7, 11) is -8.64. The average molecular weight is 474 g/mol. The van der Waals surface area contributed by atoms with Crippen LogP contribution in [-0.4, -0.2) is 55.5 Å². The fraction of sp³-hybridized carbons (Fsp3) is 0.500. The average Bonchev–Trinajstić information content (AvgIpc) is 3.07. The normalized spacial score (nSPS) is 16.1. The molecule has 1 saturated heterocycles. The van der Waals surface area contributed by atoms with E-state index in [1.54, 1.807) is 6.92 Å². The van der Waals surface area contributed by atoms with Crippen molar-refractivity contribution in [2.75, 3.05) is 25.2 Å². The molecule has 0 aromatic heterocycles. The van der Waals surface area contributed by atoms with Gasteiger partial charge in [0.2, 0.25) is 5.75 Å². The molecule has 1 aliphatic rings. The van der Waals surface area contributed by atoms with Gasteiger partial charge < -0.3 is 13.1 Å². The van der Waals surface area contributed by atoms with Crippen LogP contribution in [0.25, 0.3) is 0 Å². The Morgan fingerprint density at radius 2 is 1.64 bits per heavy atom. The van der Waals surface area contributed by atoms with Crippen molar-refractivity contribution < 1.29 is 39.0 Å². The van der Waals surface area contributed by atoms with Crippen LogP contribution in [0.3, 0.4) is 0 Å². The van der Waals surface area contributed by atoms with Gasteiger partial charge in [0, 0.05) is 30.1 Å². The van der Waals surface area contributed by atoms with Crippen molar-refractivity contribution in [3.05, 3.63) is 17.7 Å². The maximum atomic E-state index is 11.4. The van der Waals surface area contributed by atoms with Gasteiger partial charge in [0.05, 0.1) is 6.61 Å². The molecule has 14 heteroatoms. The van der Waals surface area contributed by atoms with Crippen LogP contribution >= 0.6 is 23.5 Å². The molecule has 1 atom stereocenters. The number of hydrogen-bond acceptors (Lipinski definition) is 10. The summed E-state index contributed by atoms with van der Waals surface area (Å²) in [6.45, 7) is 1.95. The molecule has 0 aliphatic carbocycles. The van der Waals surface area contributed by atoms with Crippen LogP contribution in [0, 0.1) is 0 Å². The SMILES string of the molecule is CCC(COC)c1ccc(N=C2SCCS2)c(OS(=O)(=O)O)c1OS(=O)(=O)O. The highest BCUT2D eigenvalue weighted by Gasteiger charge is 2.28. The van der Waals surface area contributed by atoms with Crippen LogP contribution in [0.5, 0.6) is 11.5 Å². The molecule has 1 fully saturated rings. The summed E-state index contributed by atoms with van der Waals surface area (Å²) in [5.41, 5.74) is 0.125. The Labute approximate surface area is 172 Å². The van der Waals surface area contributed by atoms with E-state index >= 15 is 0 Å². The van der Waals surface area contributed by atoms with Crippen LogP contribution in [0.4, 0.5) is 5.69 Å². The van der Waals surface area contributed by atoms with E-state index < -0.39 is 38.2 Å². The first-order chi connectivity index (χ1) is 13.0. The Morgan fingerprint density at radius 3 is 2.14 bits per heavy atom. The number of methoxy groups -OCH3 is 1. The topological polar surface area (TPSA) is 149 Å². The third-order valence-corrected chi connectivity index (χ3v) is 6.76.